The number of ether oxygens (including phenoxy) is 1. The molecule has 0 aromatic carbocycles. The number of carbonyl (C=O) groups excluding carboxylic acids is 3. The van der Waals surface area contributed by atoms with Crippen molar-refractivity contribution in [1.82, 2.24) is 16.0 Å². The van der Waals surface area contributed by atoms with E-state index in [9.17, 15) is 14.4 Å². The molecule has 0 aromatic rings. The summed E-state index contributed by atoms with van der Waals surface area (Å²) >= 11 is 3.27. The molecule has 8 heteroatoms. The first kappa shape index (κ1) is 20.7. The number of nitrogens with one attached hydrogen (secondary N) is 3. The van der Waals surface area contributed by atoms with Gasteiger partial charge in [0.1, 0.15) is 17.7 Å². The summed E-state index contributed by atoms with van der Waals surface area (Å²) in [5.41, 5.74) is -0.636. The summed E-state index contributed by atoms with van der Waals surface area (Å²) in [4.78, 5) is 35.2. The van der Waals surface area contributed by atoms with Crippen LogP contribution in [0.15, 0.2) is 0 Å². The molecule has 3 N–H and O–H groups in total. The van der Waals surface area contributed by atoms with Crippen LogP contribution in [0, 0.1) is 0 Å². The third-order valence-corrected chi connectivity index (χ3v) is 3.05. The molecule has 0 aromatic heterocycles. The Hall–Kier alpha value is -1.31. The molecule has 0 spiro atoms. The van der Waals surface area contributed by atoms with E-state index in [4.69, 9.17) is 4.74 Å². The molecule has 0 aliphatic carbocycles. The number of carbonyl (C=O) groups is 3. The minimum Gasteiger partial charge on any atom is -0.444 e. The van der Waals surface area contributed by atoms with Crippen molar-refractivity contribution in [1.29, 1.82) is 0 Å². The maximum atomic E-state index is 11.9. The number of hydrogen-bond acceptors (Lipinski definition) is 4. The van der Waals surface area contributed by atoms with Crippen LogP contribution in [-0.2, 0) is 14.3 Å². The van der Waals surface area contributed by atoms with Crippen LogP contribution < -0.4 is 16.0 Å². The van der Waals surface area contributed by atoms with E-state index in [0.29, 0.717) is 6.54 Å². The molecular formula is C14H26BrN3O4. The van der Waals surface area contributed by atoms with Gasteiger partial charge in [0.25, 0.3) is 0 Å². The number of rotatable bonds is 7. The van der Waals surface area contributed by atoms with Crippen LogP contribution in [0.2, 0.25) is 0 Å². The Morgan fingerprint density at radius 1 is 1.05 bits per heavy atom. The minimum atomic E-state index is -0.798. The molecule has 22 heavy (non-hydrogen) atoms. The first-order valence-electron chi connectivity index (χ1n) is 7.20. The summed E-state index contributed by atoms with van der Waals surface area (Å²) in [7, 11) is 0. The molecule has 0 fully saturated rings. The third-order valence-electron chi connectivity index (χ3n) is 2.49. The number of hydrogen-bond donors (Lipinski definition) is 3. The molecule has 0 aliphatic heterocycles. The van der Waals surface area contributed by atoms with E-state index in [2.05, 4.69) is 31.9 Å². The highest BCUT2D eigenvalue weighted by Gasteiger charge is 2.23. The van der Waals surface area contributed by atoms with Crippen molar-refractivity contribution in [2.45, 2.75) is 58.7 Å². The maximum absolute atomic E-state index is 11.9. The van der Waals surface area contributed by atoms with Crippen molar-refractivity contribution in [2.75, 3.05) is 11.9 Å². The summed E-state index contributed by atoms with van der Waals surface area (Å²) in [5, 5.41) is 8.46. The quantitative estimate of drug-likeness (QED) is 0.458. The van der Waals surface area contributed by atoms with Gasteiger partial charge in [0.05, 0.1) is 0 Å². The largest absolute Gasteiger partial charge is 0.444 e. The van der Waals surface area contributed by atoms with Crippen LogP contribution in [0.3, 0.4) is 0 Å². The first-order chi connectivity index (χ1) is 10.1. The molecule has 3 amide bonds. The summed E-state index contributed by atoms with van der Waals surface area (Å²) in [6.07, 6.45) is 0.132. The second-order valence-corrected chi connectivity index (χ2v) is 6.72. The topological polar surface area (TPSA) is 96.5 Å². The van der Waals surface area contributed by atoms with Crippen molar-refractivity contribution in [3.8, 4) is 0 Å². The molecule has 0 aliphatic rings. The van der Waals surface area contributed by atoms with Gasteiger partial charge in [0, 0.05) is 11.9 Å². The fourth-order valence-electron chi connectivity index (χ4n) is 1.39. The SMILES string of the molecule is C[C@H](NC(=O)OC(C)(C)C)C(=O)N[C@@H](C)C(=O)NCCCBr. The van der Waals surface area contributed by atoms with Gasteiger partial charge in [-0.1, -0.05) is 15.9 Å². The van der Waals surface area contributed by atoms with Gasteiger partial charge in [-0.05, 0) is 41.0 Å². The maximum Gasteiger partial charge on any atom is 0.408 e. The van der Waals surface area contributed by atoms with Crippen molar-refractivity contribution in [2.24, 2.45) is 0 Å². The van der Waals surface area contributed by atoms with Crippen LogP contribution >= 0.6 is 15.9 Å². The van der Waals surface area contributed by atoms with E-state index in [1.54, 1.807) is 27.7 Å². The van der Waals surface area contributed by atoms with Gasteiger partial charge >= 0.3 is 6.09 Å². The third kappa shape index (κ3) is 9.59. The fraction of sp³-hybridized carbons (Fsp3) is 0.786. The molecule has 0 bridgehead atoms. The molecule has 0 heterocycles. The van der Waals surface area contributed by atoms with Crippen molar-refractivity contribution < 1.29 is 19.1 Å². The monoisotopic (exact) mass is 379 g/mol. The van der Waals surface area contributed by atoms with Gasteiger partial charge in [-0.15, -0.1) is 0 Å². The Morgan fingerprint density at radius 2 is 1.59 bits per heavy atom. The highest BCUT2D eigenvalue weighted by atomic mass is 79.9. The zero-order chi connectivity index (χ0) is 17.3. The van der Waals surface area contributed by atoms with Gasteiger partial charge in [0.15, 0.2) is 0 Å². The Labute approximate surface area is 140 Å². The lowest BCUT2D eigenvalue weighted by Crippen LogP contribution is -2.52. The fourth-order valence-corrected chi connectivity index (χ4v) is 1.67. The summed E-state index contributed by atoms with van der Waals surface area (Å²) in [6, 6.07) is -1.47. The molecule has 0 saturated heterocycles. The molecule has 2 atom stereocenters. The van der Waals surface area contributed by atoms with Gasteiger partial charge in [0.2, 0.25) is 11.8 Å². The molecule has 0 radical (unpaired) electrons. The number of alkyl carbamates (subject to hydrolysis) is 1. The first-order valence-corrected chi connectivity index (χ1v) is 8.32. The normalized spacial score (nSPS) is 13.7. The van der Waals surface area contributed by atoms with Crippen molar-refractivity contribution >= 4 is 33.8 Å². The van der Waals surface area contributed by atoms with E-state index < -0.39 is 29.7 Å². The van der Waals surface area contributed by atoms with Crippen LogP contribution in [0.25, 0.3) is 0 Å². The van der Waals surface area contributed by atoms with Crippen molar-refractivity contribution in [3.05, 3.63) is 0 Å². The number of halogens is 1. The lowest BCUT2D eigenvalue weighted by Gasteiger charge is -2.22. The van der Waals surface area contributed by atoms with Crippen LogP contribution in [0.1, 0.15) is 41.0 Å². The van der Waals surface area contributed by atoms with E-state index in [-0.39, 0.29) is 5.91 Å². The predicted octanol–water partition coefficient (Wildman–Crippen LogP) is 1.31. The van der Waals surface area contributed by atoms with E-state index in [0.717, 1.165) is 11.8 Å². The summed E-state index contributed by atoms with van der Waals surface area (Å²) in [5.74, 6) is -0.715. The van der Waals surface area contributed by atoms with Crippen molar-refractivity contribution in [3.63, 3.8) is 0 Å². The van der Waals surface area contributed by atoms with E-state index in [1.807, 2.05) is 0 Å². The van der Waals surface area contributed by atoms with Gasteiger partial charge < -0.3 is 20.7 Å². The molecule has 0 unspecified atom stereocenters. The number of amides is 3. The van der Waals surface area contributed by atoms with E-state index in [1.165, 1.54) is 6.92 Å². The van der Waals surface area contributed by atoms with E-state index >= 15 is 0 Å². The second kappa shape index (κ2) is 9.66. The standard InChI is InChI=1S/C14H26BrN3O4/c1-9(11(19)16-8-6-7-15)17-12(20)10(2)18-13(21)22-14(3,4)5/h9-10H,6-8H2,1-5H3,(H,16,19)(H,17,20)(H,18,21)/t9-,10-/m0/s1. The van der Waals surface area contributed by atoms with Gasteiger partial charge in [-0.25, -0.2) is 4.79 Å². The zero-order valence-electron chi connectivity index (χ0n) is 13.8. The Balaban J connectivity index is 4.23. The molecule has 128 valence electrons. The van der Waals surface area contributed by atoms with Crippen LogP contribution in [-0.4, -0.2) is 47.5 Å². The average molecular weight is 380 g/mol. The highest BCUT2D eigenvalue weighted by molar-refractivity contribution is 9.09. The molecule has 0 rings (SSSR count). The molecule has 0 saturated carbocycles. The predicted molar refractivity (Wildman–Crippen MR) is 87.9 cm³/mol. The Kier molecular flexibility index (Phi) is 9.08. The summed E-state index contributed by atoms with van der Waals surface area (Å²) in [6.45, 7) is 8.84. The summed E-state index contributed by atoms with van der Waals surface area (Å²) < 4.78 is 5.06. The minimum absolute atomic E-state index is 0.265. The Morgan fingerprint density at radius 3 is 2.09 bits per heavy atom. The lowest BCUT2D eigenvalue weighted by atomic mass is 10.2. The highest BCUT2D eigenvalue weighted by Crippen LogP contribution is 2.06. The smallest absolute Gasteiger partial charge is 0.408 e. The lowest BCUT2D eigenvalue weighted by molar-refractivity contribution is -0.129. The second-order valence-electron chi connectivity index (χ2n) is 5.93. The van der Waals surface area contributed by atoms with Gasteiger partial charge in [-0.2, -0.15) is 0 Å². The van der Waals surface area contributed by atoms with Gasteiger partial charge in [-0.3, -0.25) is 9.59 Å². The molecular weight excluding hydrogens is 354 g/mol. The number of alkyl halides is 1. The van der Waals surface area contributed by atoms with Crippen LogP contribution in [0.4, 0.5) is 4.79 Å². The average Bonchev–Trinajstić information content (AvgIpc) is 2.36. The van der Waals surface area contributed by atoms with Crippen LogP contribution in [0.5, 0.6) is 0 Å². The Bertz CT molecular complexity index is 396. The zero-order valence-corrected chi connectivity index (χ0v) is 15.4. The molecule has 7 nitrogen and oxygen atoms in total.